The number of rotatable bonds is 4. The number of benzene rings is 1. The highest BCUT2D eigenvalue weighted by molar-refractivity contribution is 5.88. The molecule has 0 amide bonds. The van der Waals surface area contributed by atoms with Crippen LogP contribution in [0.15, 0.2) is 36.7 Å². The molecular formula is C14H16N2O2. The molecule has 0 atom stereocenters. The van der Waals surface area contributed by atoms with Gasteiger partial charge >= 0.3 is 5.97 Å². The van der Waals surface area contributed by atoms with Gasteiger partial charge in [-0.25, -0.2) is 4.79 Å². The number of nitrogens with zero attached hydrogens (tertiary/aromatic N) is 2. The zero-order valence-corrected chi connectivity index (χ0v) is 10.6. The van der Waals surface area contributed by atoms with Crippen molar-refractivity contribution >= 4 is 5.97 Å². The van der Waals surface area contributed by atoms with Crippen LogP contribution in [-0.2, 0) is 17.7 Å². The molecule has 0 aliphatic heterocycles. The molecular weight excluding hydrogens is 228 g/mol. The Balaban J connectivity index is 1.98. The molecule has 0 radical (unpaired) electrons. The van der Waals surface area contributed by atoms with E-state index in [9.17, 15) is 4.79 Å². The maximum Gasteiger partial charge on any atom is 0.341 e. The van der Waals surface area contributed by atoms with E-state index in [1.807, 2.05) is 6.07 Å². The Labute approximate surface area is 106 Å². The minimum atomic E-state index is -0.350. The Bertz CT molecular complexity index is 546. The van der Waals surface area contributed by atoms with Crippen molar-refractivity contribution in [2.45, 2.75) is 19.9 Å². The lowest BCUT2D eigenvalue weighted by Crippen LogP contribution is -2.03. The molecule has 1 aromatic heterocycles. The van der Waals surface area contributed by atoms with Crippen molar-refractivity contribution in [3.05, 3.63) is 53.3 Å². The van der Waals surface area contributed by atoms with Gasteiger partial charge in [-0.1, -0.05) is 29.8 Å². The van der Waals surface area contributed by atoms with Crippen molar-refractivity contribution < 1.29 is 9.53 Å². The number of hydrogen-bond donors (Lipinski definition) is 0. The van der Waals surface area contributed by atoms with Gasteiger partial charge in [0.25, 0.3) is 0 Å². The van der Waals surface area contributed by atoms with Gasteiger partial charge in [0.1, 0.15) is 0 Å². The van der Waals surface area contributed by atoms with Crippen LogP contribution in [0, 0.1) is 6.92 Å². The van der Waals surface area contributed by atoms with Gasteiger partial charge in [0.2, 0.25) is 0 Å². The lowest BCUT2D eigenvalue weighted by molar-refractivity contribution is 0.0600. The number of ether oxygens (including phenoxy) is 1. The first-order chi connectivity index (χ1) is 8.69. The molecule has 0 spiro atoms. The van der Waals surface area contributed by atoms with Gasteiger partial charge in [-0.2, -0.15) is 5.10 Å². The van der Waals surface area contributed by atoms with Gasteiger partial charge in [-0.3, -0.25) is 4.68 Å². The summed E-state index contributed by atoms with van der Waals surface area (Å²) >= 11 is 0. The first-order valence-corrected chi connectivity index (χ1v) is 5.85. The van der Waals surface area contributed by atoms with Crippen LogP contribution in [0.2, 0.25) is 0 Å². The largest absolute Gasteiger partial charge is 0.465 e. The average Bonchev–Trinajstić information content (AvgIpc) is 2.84. The second-order valence-corrected chi connectivity index (χ2v) is 4.22. The first kappa shape index (κ1) is 12.4. The Morgan fingerprint density at radius 3 is 3.00 bits per heavy atom. The minimum absolute atomic E-state index is 0.350. The van der Waals surface area contributed by atoms with Crippen LogP contribution < -0.4 is 0 Å². The van der Waals surface area contributed by atoms with Crippen molar-refractivity contribution in [3.63, 3.8) is 0 Å². The number of methoxy groups -OCH3 is 1. The SMILES string of the molecule is COC(=O)c1cnn(CCc2cccc(C)c2)c1. The summed E-state index contributed by atoms with van der Waals surface area (Å²) < 4.78 is 6.39. The smallest absolute Gasteiger partial charge is 0.341 e. The molecule has 0 aliphatic carbocycles. The highest BCUT2D eigenvalue weighted by atomic mass is 16.5. The monoisotopic (exact) mass is 244 g/mol. The van der Waals surface area contributed by atoms with Crippen molar-refractivity contribution in [1.82, 2.24) is 9.78 Å². The van der Waals surface area contributed by atoms with Crippen molar-refractivity contribution in [1.29, 1.82) is 0 Å². The van der Waals surface area contributed by atoms with Crippen LogP contribution >= 0.6 is 0 Å². The number of aryl methyl sites for hydroxylation is 3. The van der Waals surface area contributed by atoms with Crippen LogP contribution in [-0.4, -0.2) is 22.9 Å². The lowest BCUT2D eigenvalue weighted by atomic mass is 10.1. The normalized spacial score (nSPS) is 10.3. The van der Waals surface area contributed by atoms with E-state index in [1.165, 1.54) is 24.4 Å². The molecule has 0 saturated carbocycles. The quantitative estimate of drug-likeness (QED) is 0.775. The second-order valence-electron chi connectivity index (χ2n) is 4.22. The third-order valence-corrected chi connectivity index (χ3v) is 2.77. The molecule has 2 rings (SSSR count). The van der Waals surface area contributed by atoms with Crippen molar-refractivity contribution in [2.75, 3.05) is 7.11 Å². The third kappa shape index (κ3) is 2.97. The summed E-state index contributed by atoms with van der Waals surface area (Å²) in [5.74, 6) is -0.350. The number of carbonyl (C=O) groups is 1. The van der Waals surface area contributed by atoms with Crippen LogP contribution in [0.1, 0.15) is 21.5 Å². The van der Waals surface area contributed by atoms with E-state index in [1.54, 1.807) is 10.9 Å². The average molecular weight is 244 g/mol. The number of esters is 1. The summed E-state index contributed by atoms with van der Waals surface area (Å²) in [6, 6.07) is 8.38. The second kappa shape index (κ2) is 5.49. The maximum absolute atomic E-state index is 11.3. The molecule has 0 fully saturated rings. The molecule has 2 aromatic rings. The van der Waals surface area contributed by atoms with E-state index >= 15 is 0 Å². The fraction of sp³-hybridized carbons (Fsp3) is 0.286. The summed E-state index contributed by atoms with van der Waals surface area (Å²) in [7, 11) is 1.37. The van der Waals surface area contributed by atoms with Crippen molar-refractivity contribution in [3.8, 4) is 0 Å². The Morgan fingerprint density at radius 2 is 2.28 bits per heavy atom. The van der Waals surface area contributed by atoms with E-state index in [-0.39, 0.29) is 5.97 Å². The highest BCUT2D eigenvalue weighted by Crippen LogP contribution is 2.06. The van der Waals surface area contributed by atoms with Gasteiger partial charge in [-0.15, -0.1) is 0 Å². The topological polar surface area (TPSA) is 44.1 Å². The van der Waals surface area contributed by atoms with Gasteiger partial charge < -0.3 is 4.74 Å². The van der Waals surface area contributed by atoms with Gasteiger partial charge in [-0.05, 0) is 18.9 Å². The number of carbonyl (C=O) groups excluding carboxylic acids is 1. The predicted octanol–water partition coefficient (Wildman–Crippen LogP) is 2.22. The Kier molecular flexibility index (Phi) is 3.77. The summed E-state index contributed by atoms with van der Waals surface area (Å²) in [4.78, 5) is 11.3. The molecule has 1 heterocycles. The molecule has 0 bridgehead atoms. The van der Waals surface area contributed by atoms with Gasteiger partial charge in [0.05, 0.1) is 18.9 Å². The highest BCUT2D eigenvalue weighted by Gasteiger charge is 2.07. The van der Waals surface area contributed by atoms with E-state index in [2.05, 4.69) is 35.0 Å². The van der Waals surface area contributed by atoms with Crippen LogP contribution in [0.3, 0.4) is 0 Å². The van der Waals surface area contributed by atoms with Crippen molar-refractivity contribution in [2.24, 2.45) is 0 Å². The summed E-state index contributed by atoms with van der Waals surface area (Å²) in [6.07, 6.45) is 4.13. The molecule has 18 heavy (non-hydrogen) atoms. The lowest BCUT2D eigenvalue weighted by Gasteiger charge is -2.03. The van der Waals surface area contributed by atoms with E-state index < -0.39 is 0 Å². The van der Waals surface area contributed by atoms with Gasteiger partial charge in [0.15, 0.2) is 0 Å². The molecule has 0 aliphatic rings. The first-order valence-electron chi connectivity index (χ1n) is 5.85. The van der Waals surface area contributed by atoms with E-state index in [4.69, 9.17) is 0 Å². The molecule has 4 nitrogen and oxygen atoms in total. The third-order valence-electron chi connectivity index (χ3n) is 2.77. The molecule has 0 saturated heterocycles. The molecule has 0 N–H and O–H groups in total. The fourth-order valence-electron chi connectivity index (χ4n) is 1.82. The van der Waals surface area contributed by atoms with E-state index in [0.717, 1.165) is 13.0 Å². The summed E-state index contributed by atoms with van der Waals surface area (Å²) in [5.41, 5.74) is 3.01. The van der Waals surface area contributed by atoms with Crippen LogP contribution in [0.4, 0.5) is 0 Å². The summed E-state index contributed by atoms with van der Waals surface area (Å²) in [6.45, 7) is 2.83. The number of aromatic nitrogens is 2. The van der Waals surface area contributed by atoms with Gasteiger partial charge in [0, 0.05) is 12.7 Å². The van der Waals surface area contributed by atoms with E-state index in [0.29, 0.717) is 5.56 Å². The fourth-order valence-corrected chi connectivity index (χ4v) is 1.82. The number of hydrogen-bond acceptors (Lipinski definition) is 3. The molecule has 1 aromatic carbocycles. The predicted molar refractivity (Wildman–Crippen MR) is 68.4 cm³/mol. The zero-order chi connectivity index (χ0) is 13.0. The van der Waals surface area contributed by atoms with Crippen LogP contribution in [0.25, 0.3) is 0 Å². The Morgan fingerprint density at radius 1 is 1.44 bits per heavy atom. The standard InChI is InChI=1S/C14H16N2O2/c1-11-4-3-5-12(8-11)6-7-16-10-13(9-15-16)14(17)18-2/h3-5,8-10H,6-7H2,1-2H3. The zero-order valence-electron chi connectivity index (χ0n) is 10.6. The molecule has 0 unspecified atom stereocenters. The Hall–Kier alpha value is -2.10. The summed E-state index contributed by atoms with van der Waals surface area (Å²) in [5, 5.41) is 4.14. The molecule has 4 heteroatoms. The molecule has 94 valence electrons. The van der Waals surface area contributed by atoms with Crippen LogP contribution in [0.5, 0.6) is 0 Å². The maximum atomic E-state index is 11.3. The minimum Gasteiger partial charge on any atom is -0.465 e.